The second-order valence-electron chi connectivity index (χ2n) is 6.77. The third kappa shape index (κ3) is 3.55. The average Bonchev–Trinajstić information content (AvgIpc) is 3.33. The number of carbonyl (C=O) groups is 2. The van der Waals surface area contributed by atoms with Gasteiger partial charge in [-0.2, -0.15) is 5.10 Å². The van der Waals surface area contributed by atoms with Crippen LogP contribution >= 0.6 is 11.3 Å². The molecule has 0 unspecified atom stereocenters. The zero-order valence-electron chi connectivity index (χ0n) is 15.8. The van der Waals surface area contributed by atoms with E-state index >= 15 is 0 Å². The highest BCUT2D eigenvalue weighted by Gasteiger charge is 2.24. The van der Waals surface area contributed by atoms with E-state index in [1.165, 1.54) is 0 Å². The molecule has 3 aromatic rings. The van der Waals surface area contributed by atoms with Gasteiger partial charge in [0.1, 0.15) is 0 Å². The minimum absolute atomic E-state index is 0.0189. The molecule has 0 bridgehead atoms. The van der Waals surface area contributed by atoms with Gasteiger partial charge in [-0.1, -0.05) is 6.07 Å². The van der Waals surface area contributed by atoms with Gasteiger partial charge >= 0.3 is 0 Å². The van der Waals surface area contributed by atoms with Crippen molar-refractivity contribution in [2.24, 2.45) is 7.05 Å². The van der Waals surface area contributed by atoms with Gasteiger partial charge in [0, 0.05) is 55.8 Å². The Labute approximate surface area is 166 Å². The summed E-state index contributed by atoms with van der Waals surface area (Å²) in [4.78, 5) is 34.2. The zero-order chi connectivity index (χ0) is 19.7. The molecule has 0 saturated carbocycles. The first-order valence-electron chi connectivity index (χ1n) is 9.12. The molecule has 2 amide bonds. The van der Waals surface area contributed by atoms with Crippen molar-refractivity contribution in [3.63, 3.8) is 0 Å². The minimum Gasteiger partial charge on any atom is -0.336 e. The van der Waals surface area contributed by atoms with Crippen molar-refractivity contribution >= 4 is 40.3 Å². The molecule has 4 rings (SSSR count). The first-order chi connectivity index (χ1) is 13.5. The highest BCUT2D eigenvalue weighted by atomic mass is 32.1. The summed E-state index contributed by atoms with van der Waals surface area (Å²) >= 11 is 1.59. The fraction of sp³-hybridized carbons (Fsp3) is 0.300. The number of hydrogen-bond acceptors (Lipinski definition) is 5. The van der Waals surface area contributed by atoms with Crippen molar-refractivity contribution in [2.45, 2.75) is 6.92 Å². The molecule has 4 heterocycles. The topological polar surface area (TPSA) is 71.3 Å². The molecule has 8 heteroatoms. The Kier molecular flexibility index (Phi) is 4.95. The SMILES string of the molecule is Cc1nn(C)c2ncc(C(=O)N3CCN(C(=O)/C=C/c4cccs4)CC3)cc12. The molecule has 7 nitrogen and oxygen atoms in total. The third-order valence-corrected chi connectivity index (χ3v) is 5.76. The molecule has 0 atom stereocenters. The minimum atomic E-state index is -0.0566. The number of aryl methyl sites for hydroxylation is 2. The average molecular weight is 395 g/mol. The molecular formula is C20H21N5O2S. The van der Waals surface area contributed by atoms with Crippen molar-refractivity contribution in [3.8, 4) is 0 Å². The first kappa shape index (κ1) is 18.4. The lowest BCUT2D eigenvalue weighted by Gasteiger charge is -2.34. The van der Waals surface area contributed by atoms with Gasteiger partial charge in [-0.25, -0.2) is 4.98 Å². The van der Waals surface area contributed by atoms with Crippen molar-refractivity contribution in [1.29, 1.82) is 0 Å². The van der Waals surface area contributed by atoms with Gasteiger partial charge in [0.2, 0.25) is 5.91 Å². The van der Waals surface area contributed by atoms with Crippen LogP contribution in [0.2, 0.25) is 0 Å². The molecule has 0 aromatic carbocycles. The highest BCUT2D eigenvalue weighted by molar-refractivity contribution is 7.10. The van der Waals surface area contributed by atoms with E-state index in [-0.39, 0.29) is 11.8 Å². The summed E-state index contributed by atoms with van der Waals surface area (Å²) in [7, 11) is 1.84. The molecule has 0 radical (unpaired) electrons. The third-order valence-electron chi connectivity index (χ3n) is 4.92. The number of fused-ring (bicyclic) bond motifs is 1. The van der Waals surface area contributed by atoms with Crippen LogP contribution in [-0.4, -0.2) is 62.6 Å². The summed E-state index contributed by atoms with van der Waals surface area (Å²) in [5, 5.41) is 7.22. The second kappa shape index (κ2) is 7.55. The van der Waals surface area contributed by atoms with E-state index in [9.17, 15) is 9.59 Å². The van der Waals surface area contributed by atoms with Gasteiger partial charge in [-0.05, 0) is 30.5 Å². The van der Waals surface area contributed by atoms with E-state index in [1.807, 2.05) is 43.6 Å². The lowest BCUT2D eigenvalue weighted by atomic mass is 10.1. The Morgan fingerprint density at radius 2 is 1.93 bits per heavy atom. The Morgan fingerprint density at radius 3 is 2.64 bits per heavy atom. The second-order valence-corrected chi connectivity index (χ2v) is 7.75. The van der Waals surface area contributed by atoms with Gasteiger partial charge in [-0.3, -0.25) is 14.3 Å². The van der Waals surface area contributed by atoms with Crippen molar-refractivity contribution in [3.05, 3.63) is 52.0 Å². The summed E-state index contributed by atoms with van der Waals surface area (Å²) in [5.74, 6) is -0.0755. The summed E-state index contributed by atoms with van der Waals surface area (Å²) in [6.07, 6.45) is 5.04. The number of amides is 2. The van der Waals surface area contributed by atoms with E-state index < -0.39 is 0 Å². The molecule has 1 saturated heterocycles. The van der Waals surface area contributed by atoms with Crippen LogP contribution in [-0.2, 0) is 11.8 Å². The van der Waals surface area contributed by atoms with Crippen LogP contribution in [0, 0.1) is 6.92 Å². The summed E-state index contributed by atoms with van der Waals surface area (Å²) in [5.41, 5.74) is 2.18. The number of rotatable bonds is 3. The number of nitrogens with zero attached hydrogens (tertiary/aromatic N) is 5. The largest absolute Gasteiger partial charge is 0.336 e. The Hall–Kier alpha value is -3.00. The predicted molar refractivity (Wildman–Crippen MR) is 109 cm³/mol. The van der Waals surface area contributed by atoms with Crippen LogP contribution in [0.5, 0.6) is 0 Å². The van der Waals surface area contributed by atoms with Gasteiger partial charge in [0.05, 0.1) is 11.3 Å². The maximum atomic E-state index is 12.9. The Bertz CT molecular complexity index is 1050. The number of carbonyl (C=O) groups excluding carboxylic acids is 2. The molecule has 1 fully saturated rings. The first-order valence-corrected chi connectivity index (χ1v) is 10.00. The fourth-order valence-corrected chi connectivity index (χ4v) is 4.00. The zero-order valence-corrected chi connectivity index (χ0v) is 16.6. The lowest BCUT2D eigenvalue weighted by Crippen LogP contribution is -2.50. The quantitative estimate of drug-likeness (QED) is 0.638. The molecule has 0 aliphatic carbocycles. The van der Waals surface area contributed by atoms with E-state index in [0.29, 0.717) is 31.7 Å². The summed E-state index contributed by atoms with van der Waals surface area (Å²) in [6.45, 7) is 4.00. The normalized spacial score (nSPS) is 14.9. The van der Waals surface area contributed by atoms with E-state index in [1.54, 1.807) is 38.1 Å². The molecule has 1 aliphatic heterocycles. The van der Waals surface area contributed by atoms with E-state index in [0.717, 1.165) is 21.6 Å². The predicted octanol–water partition coefficient (Wildman–Crippen LogP) is 2.34. The van der Waals surface area contributed by atoms with Crippen LogP contribution < -0.4 is 0 Å². The van der Waals surface area contributed by atoms with Gasteiger partial charge in [-0.15, -0.1) is 11.3 Å². The number of aromatic nitrogens is 3. The van der Waals surface area contributed by atoms with Crippen LogP contribution in [0.15, 0.2) is 35.9 Å². The van der Waals surface area contributed by atoms with Gasteiger partial charge < -0.3 is 9.80 Å². The molecule has 1 aliphatic rings. The van der Waals surface area contributed by atoms with Crippen molar-refractivity contribution in [2.75, 3.05) is 26.2 Å². The lowest BCUT2D eigenvalue weighted by molar-refractivity contribution is -0.127. The molecule has 3 aromatic heterocycles. The highest BCUT2D eigenvalue weighted by Crippen LogP contribution is 2.18. The molecule has 0 spiro atoms. The maximum absolute atomic E-state index is 12.9. The number of hydrogen-bond donors (Lipinski definition) is 0. The Morgan fingerprint density at radius 1 is 1.18 bits per heavy atom. The van der Waals surface area contributed by atoms with Crippen LogP contribution in [0.3, 0.4) is 0 Å². The number of piperazine rings is 1. The molecule has 144 valence electrons. The van der Waals surface area contributed by atoms with Gasteiger partial charge in [0.25, 0.3) is 5.91 Å². The monoisotopic (exact) mass is 395 g/mol. The maximum Gasteiger partial charge on any atom is 0.255 e. The smallest absolute Gasteiger partial charge is 0.255 e. The number of pyridine rings is 1. The van der Waals surface area contributed by atoms with Crippen molar-refractivity contribution < 1.29 is 9.59 Å². The standard InChI is InChI=1S/C20H21N5O2S/c1-14-17-12-15(13-21-19(17)23(2)22-14)20(27)25-9-7-24(8-10-25)18(26)6-5-16-4-3-11-28-16/h3-6,11-13H,7-10H2,1-2H3/b6-5+. The Balaban J connectivity index is 1.40. The molecular weight excluding hydrogens is 374 g/mol. The fourth-order valence-electron chi connectivity index (χ4n) is 3.38. The van der Waals surface area contributed by atoms with Crippen LogP contribution in [0.4, 0.5) is 0 Å². The number of thiophene rings is 1. The van der Waals surface area contributed by atoms with Gasteiger partial charge in [0.15, 0.2) is 5.65 Å². The van der Waals surface area contributed by atoms with E-state index in [2.05, 4.69) is 10.1 Å². The van der Waals surface area contributed by atoms with Crippen LogP contribution in [0.1, 0.15) is 20.9 Å². The van der Waals surface area contributed by atoms with Crippen molar-refractivity contribution in [1.82, 2.24) is 24.6 Å². The molecule has 0 N–H and O–H groups in total. The van der Waals surface area contributed by atoms with E-state index in [4.69, 9.17) is 0 Å². The molecule has 28 heavy (non-hydrogen) atoms. The summed E-state index contributed by atoms with van der Waals surface area (Å²) in [6, 6.07) is 5.78. The van der Waals surface area contributed by atoms with Crippen LogP contribution in [0.25, 0.3) is 17.1 Å². The summed E-state index contributed by atoms with van der Waals surface area (Å²) < 4.78 is 1.72.